The molecular formula is C17H15N7O2S2. The Bertz CT molecular complexity index is 1160. The molecule has 1 aromatic carbocycles. The van der Waals surface area contributed by atoms with E-state index >= 15 is 0 Å². The average Bonchev–Trinajstić information content (AvgIpc) is 3.24. The normalized spacial score (nSPS) is 11.2. The summed E-state index contributed by atoms with van der Waals surface area (Å²) in [5, 5.41) is 12.8. The molecule has 3 heterocycles. The third-order valence-corrected chi connectivity index (χ3v) is 6.03. The van der Waals surface area contributed by atoms with Gasteiger partial charge in [0.1, 0.15) is 10.5 Å². The molecule has 0 saturated heterocycles. The smallest absolute Gasteiger partial charge is 0.358 e. The van der Waals surface area contributed by atoms with Crippen molar-refractivity contribution < 1.29 is 4.92 Å². The molecule has 0 atom stereocenters. The van der Waals surface area contributed by atoms with Crippen molar-refractivity contribution >= 4 is 40.5 Å². The average molecular weight is 413 g/mol. The first kappa shape index (κ1) is 18.4. The number of thioether (sulfide) groups is 1. The quantitative estimate of drug-likeness (QED) is 0.156. The number of imidazole rings is 2. The van der Waals surface area contributed by atoms with Gasteiger partial charge < -0.3 is 19.2 Å². The molecule has 4 aromatic rings. The van der Waals surface area contributed by atoms with Gasteiger partial charge in [0.2, 0.25) is 6.33 Å². The summed E-state index contributed by atoms with van der Waals surface area (Å²) in [6.45, 7) is 0. The van der Waals surface area contributed by atoms with Crippen LogP contribution in [-0.4, -0.2) is 34.0 Å². The summed E-state index contributed by atoms with van der Waals surface area (Å²) in [4.78, 5) is 28.0. The Morgan fingerprint density at radius 1 is 1.07 bits per heavy atom. The third kappa shape index (κ3) is 3.58. The van der Waals surface area contributed by atoms with Crippen molar-refractivity contribution in [2.45, 2.75) is 21.0 Å². The van der Waals surface area contributed by atoms with Gasteiger partial charge in [-0.3, -0.25) is 0 Å². The van der Waals surface area contributed by atoms with Gasteiger partial charge >= 0.3 is 5.82 Å². The highest BCUT2D eigenvalue weighted by Crippen LogP contribution is 2.35. The first-order chi connectivity index (χ1) is 13.5. The fourth-order valence-electron chi connectivity index (χ4n) is 2.61. The molecule has 0 aliphatic heterocycles. The molecule has 0 bridgehead atoms. The second-order valence-electron chi connectivity index (χ2n) is 5.96. The minimum atomic E-state index is -0.507. The van der Waals surface area contributed by atoms with Crippen LogP contribution in [0.25, 0.3) is 11.2 Å². The van der Waals surface area contributed by atoms with E-state index in [0.29, 0.717) is 15.8 Å². The van der Waals surface area contributed by atoms with Crippen LogP contribution in [0, 0.1) is 10.1 Å². The number of aryl methyl sites for hydroxylation is 2. The maximum atomic E-state index is 11.2. The highest BCUT2D eigenvalue weighted by atomic mass is 32.2. The van der Waals surface area contributed by atoms with Crippen molar-refractivity contribution in [1.29, 1.82) is 0 Å². The van der Waals surface area contributed by atoms with Crippen molar-refractivity contribution in [3.05, 3.63) is 58.7 Å². The lowest BCUT2D eigenvalue weighted by Crippen LogP contribution is -1.98. The van der Waals surface area contributed by atoms with Gasteiger partial charge in [0, 0.05) is 19.8 Å². The molecule has 0 unspecified atom stereocenters. The van der Waals surface area contributed by atoms with Crippen LogP contribution in [0.5, 0.6) is 0 Å². The lowest BCUT2D eigenvalue weighted by atomic mass is 10.2. The number of nitro groups is 1. The van der Waals surface area contributed by atoms with Crippen molar-refractivity contribution in [3.63, 3.8) is 0 Å². The Balaban J connectivity index is 1.70. The van der Waals surface area contributed by atoms with Crippen molar-refractivity contribution in [2.24, 2.45) is 14.1 Å². The van der Waals surface area contributed by atoms with Crippen LogP contribution >= 0.6 is 23.5 Å². The number of aromatic nitrogens is 6. The van der Waals surface area contributed by atoms with E-state index in [1.54, 1.807) is 29.7 Å². The summed E-state index contributed by atoms with van der Waals surface area (Å²) in [6.07, 6.45) is 3.09. The standard InChI is InChI=1S/C17H15N7O2S2/c1-22-9-18-13-12(22)15(27-8-11-6-4-3-5-7-11)21-17(20-13)28-16-14(24(25)26)19-10-23(16)2/h3-7,9-10H,8H2,1-2H3. The van der Waals surface area contributed by atoms with E-state index in [4.69, 9.17) is 0 Å². The summed E-state index contributed by atoms with van der Waals surface area (Å²) in [7, 11) is 3.59. The van der Waals surface area contributed by atoms with E-state index in [9.17, 15) is 10.1 Å². The van der Waals surface area contributed by atoms with Gasteiger partial charge in [0.15, 0.2) is 15.8 Å². The molecule has 0 fully saturated rings. The molecule has 0 amide bonds. The van der Waals surface area contributed by atoms with Gasteiger partial charge in [0.05, 0.1) is 6.33 Å². The SMILES string of the molecule is Cn1cnc([N+](=O)[O-])c1Sc1nc(SCc2ccccc2)c2c(ncn2C)n1. The maximum absolute atomic E-state index is 11.2. The Morgan fingerprint density at radius 3 is 2.57 bits per heavy atom. The van der Waals surface area contributed by atoms with Gasteiger partial charge in [-0.05, 0) is 27.2 Å². The second kappa shape index (κ2) is 7.60. The molecule has 0 saturated carbocycles. The van der Waals surface area contributed by atoms with Gasteiger partial charge in [-0.15, -0.1) is 0 Å². The van der Waals surface area contributed by atoms with Crippen LogP contribution in [0.4, 0.5) is 5.82 Å². The van der Waals surface area contributed by atoms with Crippen molar-refractivity contribution in [1.82, 2.24) is 29.1 Å². The topological polar surface area (TPSA) is 105 Å². The number of nitrogens with zero attached hydrogens (tertiary/aromatic N) is 7. The number of benzene rings is 1. The van der Waals surface area contributed by atoms with E-state index in [1.165, 1.54) is 11.9 Å². The van der Waals surface area contributed by atoms with Crippen molar-refractivity contribution in [2.75, 3.05) is 0 Å². The Hall–Kier alpha value is -2.92. The van der Waals surface area contributed by atoms with E-state index in [1.807, 2.05) is 29.8 Å². The lowest BCUT2D eigenvalue weighted by molar-refractivity contribution is -0.392. The Kier molecular flexibility index (Phi) is 5.01. The first-order valence-electron chi connectivity index (χ1n) is 8.22. The molecule has 0 N–H and O–H groups in total. The molecule has 28 heavy (non-hydrogen) atoms. The number of hydrogen-bond acceptors (Lipinski definition) is 8. The number of fused-ring (bicyclic) bond motifs is 1. The second-order valence-corrected chi connectivity index (χ2v) is 7.88. The zero-order valence-corrected chi connectivity index (χ0v) is 16.6. The lowest BCUT2D eigenvalue weighted by Gasteiger charge is -2.07. The highest BCUT2D eigenvalue weighted by molar-refractivity contribution is 7.99. The number of hydrogen-bond donors (Lipinski definition) is 0. The summed E-state index contributed by atoms with van der Waals surface area (Å²) in [5.74, 6) is 0.532. The molecule has 142 valence electrons. The molecule has 11 heteroatoms. The fraction of sp³-hybridized carbons (Fsp3) is 0.176. The molecule has 4 rings (SSSR count). The fourth-order valence-corrected chi connectivity index (χ4v) is 4.54. The van der Waals surface area contributed by atoms with E-state index in [2.05, 4.69) is 32.1 Å². The van der Waals surface area contributed by atoms with Crippen LogP contribution < -0.4 is 0 Å². The summed E-state index contributed by atoms with van der Waals surface area (Å²) in [5.41, 5.74) is 2.57. The van der Waals surface area contributed by atoms with Gasteiger partial charge in [0.25, 0.3) is 0 Å². The van der Waals surface area contributed by atoms with Crippen LogP contribution in [0.1, 0.15) is 5.56 Å². The summed E-state index contributed by atoms with van der Waals surface area (Å²) < 4.78 is 3.47. The molecule has 0 aliphatic carbocycles. The third-order valence-electron chi connectivity index (χ3n) is 3.96. The predicted octanol–water partition coefficient (Wildman–Crippen LogP) is 3.45. The molecule has 0 radical (unpaired) electrons. The minimum Gasteiger partial charge on any atom is -0.358 e. The maximum Gasteiger partial charge on any atom is 0.396 e. The molecular weight excluding hydrogens is 398 g/mol. The van der Waals surface area contributed by atoms with Gasteiger partial charge in [-0.25, -0.2) is 15.0 Å². The molecule has 0 spiro atoms. The predicted molar refractivity (Wildman–Crippen MR) is 106 cm³/mol. The van der Waals surface area contributed by atoms with E-state index in [-0.39, 0.29) is 5.82 Å². The van der Waals surface area contributed by atoms with E-state index < -0.39 is 4.92 Å². The molecule has 3 aromatic heterocycles. The zero-order valence-electron chi connectivity index (χ0n) is 15.0. The van der Waals surface area contributed by atoms with Gasteiger partial charge in [-0.1, -0.05) is 42.1 Å². The van der Waals surface area contributed by atoms with Crippen LogP contribution in [-0.2, 0) is 19.8 Å². The minimum absolute atomic E-state index is 0.212. The summed E-state index contributed by atoms with van der Waals surface area (Å²) >= 11 is 2.69. The monoisotopic (exact) mass is 413 g/mol. The first-order valence-corrected chi connectivity index (χ1v) is 10.0. The molecule has 9 nitrogen and oxygen atoms in total. The van der Waals surface area contributed by atoms with E-state index in [0.717, 1.165) is 28.1 Å². The largest absolute Gasteiger partial charge is 0.396 e. The van der Waals surface area contributed by atoms with Gasteiger partial charge in [-0.2, -0.15) is 0 Å². The Labute approximate surface area is 168 Å². The summed E-state index contributed by atoms with van der Waals surface area (Å²) in [6, 6.07) is 10.1. The Morgan fingerprint density at radius 2 is 1.82 bits per heavy atom. The number of rotatable bonds is 6. The van der Waals surface area contributed by atoms with Crippen LogP contribution in [0.2, 0.25) is 0 Å². The van der Waals surface area contributed by atoms with Crippen LogP contribution in [0.3, 0.4) is 0 Å². The highest BCUT2D eigenvalue weighted by Gasteiger charge is 2.23. The van der Waals surface area contributed by atoms with Crippen molar-refractivity contribution in [3.8, 4) is 0 Å². The van der Waals surface area contributed by atoms with Crippen LogP contribution in [0.15, 0.2) is 58.2 Å². The molecule has 0 aliphatic rings. The zero-order chi connectivity index (χ0) is 19.7.